The Balaban J connectivity index is 2.11. The molecule has 138 valence electrons. The minimum absolute atomic E-state index is 0.515. The van der Waals surface area contributed by atoms with Gasteiger partial charge < -0.3 is 18.9 Å². The van der Waals surface area contributed by atoms with Gasteiger partial charge in [0.2, 0.25) is 0 Å². The maximum atomic E-state index is 6.02. The third kappa shape index (κ3) is 9.04. The lowest BCUT2D eigenvalue weighted by Crippen LogP contribution is -2.33. The fourth-order valence-electron chi connectivity index (χ4n) is 2.92. The van der Waals surface area contributed by atoms with Crippen LogP contribution in [-0.4, -0.2) is 38.5 Å². The summed E-state index contributed by atoms with van der Waals surface area (Å²) in [5.41, 5.74) is 0. The van der Waals surface area contributed by atoms with Crippen LogP contribution in [0.3, 0.4) is 0 Å². The minimum Gasteiger partial charge on any atom is -0.354 e. The van der Waals surface area contributed by atoms with E-state index >= 15 is 0 Å². The molecule has 1 saturated carbocycles. The summed E-state index contributed by atoms with van der Waals surface area (Å²) in [5, 5.41) is 0. The third-order valence-corrected chi connectivity index (χ3v) is 4.89. The molecule has 1 fully saturated rings. The molecule has 0 N–H and O–H groups in total. The molecule has 23 heavy (non-hydrogen) atoms. The molecule has 0 aliphatic heterocycles. The normalized spacial score (nSPS) is 23.2. The van der Waals surface area contributed by atoms with Crippen molar-refractivity contribution in [1.29, 1.82) is 0 Å². The maximum Gasteiger partial charge on any atom is 0.162 e. The van der Waals surface area contributed by atoms with Crippen molar-refractivity contribution >= 4 is 0 Å². The van der Waals surface area contributed by atoms with Gasteiger partial charge in [0.1, 0.15) is 0 Å². The lowest BCUT2D eigenvalue weighted by molar-refractivity contribution is -0.228. The Bertz CT molecular complexity index is 306. The van der Waals surface area contributed by atoms with Gasteiger partial charge in [0.05, 0.1) is 19.8 Å². The summed E-state index contributed by atoms with van der Waals surface area (Å²) >= 11 is 0. The predicted octanol–water partition coefficient (Wildman–Crippen LogP) is 4.76. The maximum absolute atomic E-state index is 6.02. The van der Waals surface area contributed by atoms with E-state index in [1.165, 1.54) is 32.1 Å². The van der Waals surface area contributed by atoms with Crippen molar-refractivity contribution in [3.63, 3.8) is 0 Å². The molecule has 4 nitrogen and oxygen atoms in total. The van der Waals surface area contributed by atoms with E-state index in [4.69, 9.17) is 18.9 Å². The van der Waals surface area contributed by atoms with E-state index in [9.17, 15) is 0 Å². The molecular formula is C19H38O4. The largest absolute Gasteiger partial charge is 0.354 e. The van der Waals surface area contributed by atoms with Crippen molar-refractivity contribution in [2.75, 3.05) is 26.9 Å². The number of hydrogen-bond donors (Lipinski definition) is 0. The SMILES string of the molecule is CCC1CCC(COC(C)(C)OCCCOC(C)(C)OC)CC1. The molecular weight excluding hydrogens is 292 g/mol. The highest BCUT2D eigenvalue weighted by Crippen LogP contribution is 2.31. The molecule has 1 rings (SSSR count). The van der Waals surface area contributed by atoms with Crippen molar-refractivity contribution in [2.24, 2.45) is 11.8 Å². The van der Waals surface area contributed by atoms with E-state index in [1.54, 1.807) is 7.11 Å². The first-order valence-corrected chi connectivity index (χ1v) is 9.25. The summed E-state index contributed by atoms with van der Waals surface area (Å²) in [6.07, 6.45) is 7.48. The van der Waals surface area contributed by atoms with Crippen LogP contribution >= 0.6 is 0 Å². The van der Waals surface area contributed by atoms with Crippen molar-refractivity contribution < 1.29 is 18.9 Å². The Kier molecular flexibility index (Phi) is 9.06. The van der Waals surface area contributed by atoms with Gasteiger partial charge in [-0.05, 0) is 58.8 Å². The number of methoxy groups -OCH3 is 1. The summed E-state index contributed by atoms with van der Waals surface area (Å²) < 4.78 is 22.7. The van der Waals surface area contributed by atoms with Gasteiger partial charge in [-0.2, -0.15) is 0 Å². The van der Waals surface area contributed by atoms with Crippen LogP contribution in [0.5, 0.6) is 0 Å². The third-order valence-electron chi connectivity index (χ3n) is 4.89. The van der Waals surface area contributed by atoms with Crippen LogP contribution < -0.4 is 0 Å². The second-order valence-corrected chi connectivity index (χ2v) is 7.66. The fourth-order valence-corrected chi connectivity index (χ4v) is 2.92. The van der Waals surface area contributed by atoms with E-state index in [0.29, 0.717) is 19.1 Å². The van der Waals surface area contributed by atoms with Gasteiger partial charge >= 0.3 is 0 Å². The Morgan fingerprint density at radius 1 is 0.783 bits per heavy atom. The number of hydrogen-bond acceptors (Lipinski definition) is 4. The van der Waals surface area contributed by atoms with Gasteiger partial charge in [0.15, 0.2) is 11.6 Å². The molecule has 0 saturated heterocycles. The molecule has 4 heteroatoms. The van der Waals surface area contributed by atoms with E-state index in [-0.39, 0.29) is 0 Å². The van der Waals surface area contributed by atoms with Crippen LogP contribution in [0.2, 0.25) is 0 Å². The molecule has 1 aliphatic carbocycles. The Morgan fingerprint density at radius 2 is 1.30 bits per heavy atom. The summed E-state index contributed by atoms with van der Waals surface area (Å²) in [6, 6.07) is 0. The molecule has 1 aliphatic rings. The second kappa shape index (κ2) is 9.97. The van der Waals surface area contributed by atoms with Gasteiger partial charge in [-0.15, -0.1) is 0 Å². The molecule has 0 aromatic rings. The highest BCUT2D eigenvalue weighted by molar-refractivity contribution is 4.72. The van der Waals surface area contributed by atoms with Crippen LogP contribution in [0.25, 0.3) is 0 Å². The minimum atomic E-state index is -0.524. The fraction of sp³-hybridized carbons (Fsp3) is 1.00. The van der Waals surface area contributed by atoms with E-state index in [0.717, 1.165) is 18.9 Å². The summed E-state index contributed by atoms with van der Waals surface area (Å²) in [7, 11) is 1.65. The topological polar surface area (TPSA) is 36.9 Å². The Labute approximate surface area is 143 Å². The summed E-state index contributed by atoms with van der Waals surface area (Å²) in [5.74, 6) is 0.597. The first-order valence-electron chi connectivity index (χ1n) is 9.25. The summed E-state index contributed by atoms with van der Waals surface area (Å²) in [4.78, 5) is 0. The number of rotatable bonds is 11. The molecule has 0 aromatic heterocycles. The van der Waals surface area contributed by atoms with Crippen LogP contribution in [-0.2, 0) is 18.9 Å². The second-order valence-electron chi connectivity index (χ2n) is 7.66. The standard InChI is InChI=1S/C19H38O4/c1-7-16-9-11-17(12-10-16)15-23-19(4,5)22-14-8-13-21-18(2,3)20-6/h16-17H,7-15H2,1-6H3. The van der Waals surface area contributed by atoms with Crippen molar-refractivity contribution in [3.05, 3.63) is 0 Å². The Hall–Kier alpha value is -0.160. The highest BCUT2D eigenvalue weighted by Gasteiger charge is 2.25. The molecule has 0 bridgehead atoms. The van der Waals surface area contributed by atoms with Crippen LogP contribution in [0.4, 0.5) is 0 Å². The van der Waals surface area contributed by atoms with Crippen LogP contribution in [0.15, 0.2) is 0 Å². The van der Waals surface area contributed by atoms with Gasteiger partial charge in [0.25, 0.3) is 0 Å². The van der Waals surface area contributed by atoms with E-state index in [1.807, 2.05) is 27.7 Å². The van der Waals surface area contributed by atoms with E-state index in [2.05, 4.69) is 6.92 Å². The molecule has 0 aromatic carbocycles. The molecule has 0 heterocycles. The predicted molar refractivity (Wildman–Crippen MR) is 93.4 cm³/mol. The molecule has 0 spiro atoms. The lowest BCUT2D eigenvalue weighted by atomic mass is 9.81. The molecule has 0 amide bonds. The zero-order valence-electron chi connectivity index (χ0n) is 16.2. The van der Waals surface area contributed by atoms with Crippen LogP contribution in [0, 0.1) is 11.8 Å². The number of ether oxygens (including phenoxy) is 4. The van der Waals surface area contributed by atoms with Crippen molar-refractivity contribution in [3.8, 4) is 0 Å². The van der Waals surface area contributed by atoms with Crippen molar-refractivity contribution in [2.45, 2.75) is 84.7 Å². The van der Waals surface area contributed by atoms with Gasteiger partial charge in [0, 0.05) is 7.11 Å². The summed E-state index contributed by atoms with van der Waals surface area (Å²) in [6.45, 7) is 12.2. The average molecular weight is 331 g/mol. The first-order chi connectivity index (χ1) is 10.8. The van der Waals surface area contributed by atoms with Gasteiger partial charge in [-0.3, -0.25) is 0 Å². The van der Waals surface area contributed by atoms with Crippen molar-refractivity contribution in [1.82, 2.24) is 0 Å². The van der Waals surface area contributed by atoms with Gasteiger partial charge in [-0.25, -0.2) is 0 Å². The van der Waals surface area contributed by atoms with Gasteiger partial charge in [-0.1, -0.05) is 26.2 Å². The monoisotopic (exact) mass is 330 g/mol. The first kappa shape index (κ1) is 20.9. The zero-order valence-corrected chi connectivity index (χ0v) is 16.2. The molecule has 0 atom stereocenters. The molecule has 0 radical (unpaired) electrons. The Morgan fingerprint density at radius 3 is 1.83 bits per heavy atom. The smallest absolute Gasteiger partial charge is 0.162 e. The average Bonchev–Trinajstić information content (AvgIpc) is 2.53. The van der Waals surface area contributed by atoms with Crippen LogP contribution in [0.1, 0.15) is 73.1 Å². The van der Waals surface area contributed by atoms with E-state index < -0.39 is 11.6 Å². The molecule has 0 unspecified atom stereocenters. The lowest BCUT2D eigenvalue weighted by Gasteiger charge is -2.32. The quantitative estimate of drug-likeness (QED) is 0.404. The zero-order chi connectivity index (χ0) is 17.3. The highest BCUT2D eigenvalue weighted by atomic mass is 16.7.